The zero-order valence-corrected chi connectivity index (χ0v) is 19.1. The first kappa shape index (κ1) is 22.9. The number of amides is 2. The summed E-state index contributed by atoms with van der Waals surface area (Å²) in [6.07, 6.45) is 1.04. The van der Waals surface area contributed by atoms with Crippen molar-refractivity contribution in [3.63, 3.8) is 0 Å². The number of rotatable bonds is 7. The zero-order valence-electron chi connectivity index (χ0n) is 16.7. The van der Waals surface area contributed by atoms with Gasteiger partial charge < -0.3 is 10.6 Å². The van der Waals surface area contributed by atoms with Gasteiger partial charge in [0.15, 0.2) is 0 Å². The van der Waals surface area contributed by atoms with Crippen molar-refractivity contribution in [3.8, 4) is 0 Å². The Kier molecular flexibility index (Phi) is 7.43. The number of para-hydroxylation sites is 1. The van der Waals surface area contributed by atoms with Gasteiger partial charge in [-0.3, -0.25) is 13.9 Å². The van der Waals surface area contributed by atoms with E-state index in [1.807, 2.05) is 20.8 Å². The minimum absolute atomic E-state index is 0.0624. The first-order chi connectivity index (χ1) is 13.5. The molecule has 0 heterocycles. The lowest BCUT2D eigenvalue weighted by Gasteiger charge is -2.23. The fourth-order valence-electron chi connectivity index (χ4n) is 2.63. The molecule has 0 radical (unpaired) electrons. The highest BCUT2D eigenvalue weighted by atomic mass is 79.9. The lowest BCUT2D eigenvalue weighted by atomic mass is 10.1. The molecule has 0 aliphatic carbocycles. The molecule has 0 unspecified atom stereocenters. The van der Waals surface area contributed by atoms with E-state index in [9.17, 15) is 18.0 Å². The van der Waals surface area contributed by atoms with Crippen molar-refractivity contribution >= 4 is 49.1 Å². The molecule has 0 atom stereocenters. The summed E-state index contributed by atoms with van der Waals surface area (Å²) in [7, 11) is -3.70. The van der Waals surface area contributed by atoms with E-state index < -0.39 is 22.5 Å². The fraction of sp³-hybridized carbons (Fsp3) is 0.300. The number of hydrogen-bond donors (Lipinski definition) is 2. The lowest BCUT2D eigenvalue weighted by molar-refractivity contribution is -0.114. The van der Waals surface area contributed by atoms with Crippen LogP contribution in [0.5, 0.6) is 0 Å². The van der Waals surface area contributed by atoms with Gasteiger partial charge in [0.05, 0.1) is 23.2 Å². The fourth-order valence-corrected chi connectivity index (χ4v) is 3.73. The van der Waals surface area contributed by atoms with Crippen LogP contribution in [0.25, 0.3) is 0 Å². The molecule has 0 saturated carbocycles. The topological polar surface area (TPSA) is 95.6 Å². The Morgan fingerprint density at radius 2 is 1.79 bits per heavy atom. The second-order valence-electron chi connectivity index (χ2n) is 6.93. The quantitative estimate of drug-likeness (QED) is 0.633. The van der Waals surface area contributed by atoms with Crippen molar-refractivity contribution in [2.24, 2.45) is 0 Å². The summed E-state index contributed by atoms with van der Waals surface area (Å²) in [5.41, 5.74) is 1.84. The maximum atomic E-state index is 12.6. The van der Waals surface area contributed by atoms with Crippen molar-refractivity contribution in [2.75, 3.05) is 22.4 Å². The second kappa shape index (κ2) is 9.41. The van der Waals surface area contributed by atoms with Crippen molar-refractivity contribution in [1.82, 2.24) is 5.32 Å². The Balaban J connectivity index is 2.26. The van der Waals surface area contributed by atoms with Gasteiger partial charge in [0.25, 0.3) is 5.91 Å². The summed E-state index contributed by atoms with van der Waals surface area (Å²) < 4.78 is 26.4. The molecular formula is C20H24BrN3O4S. The number of sulfonamides is 1. The number of benzene rings is 2. The van der Waals surface area contributed by atoms with Gasteiger partial charge in [-0.1, -0.05) is 28.1 Å². The minimum atomic E-state index is -3.70. The summed E-state index contributed by atoms with van der Waals surface area (Å²) in [6, 6.07) is 11.5. The molecule has 0 bridgehead atoms. The van der Waals surface area contributed by atoms with Crippen molar-refractivity contribution < 1.29 is 18.0 Å². The van der Waals surface area contributed by atoms with Gasteiger partial charge in [0.2, 0.25) is 15.9 Å². The minimum Gasteiger partial charge on any atom is -0.350 e. The van der Waals surface area contributed by atoms with Crippen molar-refractivity contribution in [1.29, 1.82) is 0 Å². The van der Waals surface area contributed by atoms with E-state index in [-0.39, 0.29) is 11.9 Å². The van der Waals surface area contributed by atoms with E-state index >= 15 is 0 Å². The van der Waals surface area contributed by atoms with Crippen LogP contribution in [0.2, 0.25) is 0 Å². The highest BCUT2D eigenvalue weighted by Crippen LogP contribution is 2.25. The average molecular weight is 482 g/mol. The molecule has 2 N–H and O–H groups in total. The number of carbonyl (C=O) groups excluding carboxylic acids is 2. The van der Waals surface area contributed by atoms with E-state index in [1.165, 1.54) is 0 Å². The van der Waals surface area contributed by atoms with Crippen LogP contribution in [0.4, 0.5) is 11.4 Å². The molecule has 2 aromatic carbocycles. The number of nitrogens with one attached hydrogen (secondary N) is 2. The smallest absolute Gasteiger partial charge is 0.253 e. The highest BCUT2D eigenvalue weighted by Gasteiger charge is 2.22. The van der Waals surface area contributed by atoms with E-state index in [4.69, 9.17) is 0 Å². The average Bonchev–Trinajstić information content (AvgIpc) is 2.61. The molecule has 2 rings (SSSR count). The van der Waals surface area contributed by atoms with Gasteiger partial charge >= 0.3 is 0 Å². The molecule has 0 aliphatic heterocycles. The van der Waals surface area contributed by atoms with Crippen LogP contribution in [0.1, 0.15) is 29.8 Å². The SMILES string of the molecule is Cc1cc(N(CC(=O)Nc2ccccc2C(=O)NC(C)C)S(C)(=O)=O)ccc1Br. The standard InChI is InChI=1S/C20H24BrN3O4S/c1-13(2)22-20(26)16-7-5-6-8-18(16)23-19(25)12-24(29(4,27)28)15-9-10-17(21)14(3)11-15/h5-11,13H,12H2,1-4H3,(H,22,26)(H,23,25). The molecule has 156 valence electrons. The van der Waals surface area contributed by atoms with E-state index in [1.54, 1.807) is 42.5 Å². The molecule has 2 amide bonds. The number of hydrogen-bond acceptors (Lipinski definition) is 4. The van der Waals surface area contributed by atoms with Crippen LogP contribution in [0.3, 0.4) is 0 Å². The molecular weight excluding hydrogens is 458 g/mol. The maximum Gasteiger partial charge on any atom is 0.253 e. The Morgan fingerprint density at radius 3 is 2.38 bits per heavy atom. The Morgan fingerprint density at radius 1 is 1.14 bits per heavy atom. The van der Waals surface area contributed by atoms with Crippen molar-refractivity contribution in [3.05, 3.63) is 58.1 Å². The first-order valence-corrected chi connectivity index (χ1v) is 11.6. The van der Waals surface area contributed by atoms with Gasteiger partial charge in [-0.05, 0) is 56.7 Å². The van der Waals surface area contributed by atoms with Crippen LogP contribution in [0.15, 0.2) is 46.9 Å². The van der Waals surface area contributed by atoms with Crippen LogP contribution in [-0.2, 0) is 14.8 Å². The Labute approximate surface area is 179 Å². The summed E-state index contributed by atoms with van der Waals surface area (Å²) in [6.45, 7) is 5.09. The van der Waals surface area contributed by atoms with Gasteiger partial charge in [-0.15, -0.1) is 0 Å². The van der Waals surface area contributed by atoms with Crippen LogP contribution in [-0.4, -0.2) is 39.1 Å². The van der Waals surface area contributed by atoms with Crippen molar-refractivity contribution in [2.45, 2.75) is 26.8 Å². The molecule has 0 fully saturated rings. The highest BCUT2D eigenvalue weighted by molar-refractivity contribution is 9.10. The molecule has 9 heteroatoms. The molecule has 0 aromatic heterocycles. The summed E-state index contributed by atoms with van der Waals surface area (Å²) in [5, 5.41) is 5.42. The molecule has 0 spiro atoms. The van der Waals surface area contributed by atoms with E-state index in [2.05, 4.69) is 26.6 Å². The van der Waals surface area contributed by atoms with E-state index in [0.717, 1.165) is 20.6 Å². The van der Waals surface area contributed by atoms with Gasteiger partial charge in [0.1, 0.15) is 6.54 Å². The number of nitrogens with zero attached hydrogens (tertiary/aromatic N) is 1. The van der Waals surface area contributed by atoms with Gasteiger partial charge in [-0.2, -0.15) is 0 Å². The predicted molar refractivity (Wildman–Crippen MR) is 119 cm³/mol. The Hall–Kier alpha value is -2.39. The van der Waals surface area contributed by atoms with Gasteiger partial charge in [-0.25, -0.2) is 8.42 Å². The Bertz CT molecular complexity index is 1020. The molecule has 7 nitrogen and oxygen atoms in total. The largest absolute Gasteiger partial charge is 0.350 e. The third-order valence-electron chi connectivity index (χ3n) is 3.98. The lowest BCUT2D eigenvalue weighted by Crippen LogP contribution is -2.38. The monoisotopic (exact) mass is 481 g/mol. The van der Waals surface area contributed by atoms with Crippen LogP contribution >= 0.6 is 15.9 Å². The second-order valence-corrected chi connectivity index (χ2v) is 9.69. The van der Waals surface area contributed by atoms with Crippen LogP contribution < -0.4 is 14.9 Å². The number of aryl methyl sites for hydroxylation is 1. The first-order valence-electron chi connectivity index (χ1n) is 8.92. The third kappa shape index (κ3) is 6.30. The van der Waals surface area contributed by atoms with Gasteiger partial charge in [0, 0.05) is 10.5 Å². The molecule has 2 aromatic rings. The number of halogens is 1. The normalized spacial score (nSPS) is 11.2. The number of carbonyl (C=O) groups is 2. The van der Waals surface area contributed by atoms with Crippen LogP contribution in [0, 0.1) is 6.92 Å². The third-order valence-corrected chi connectivity index (χ3v) is 6.01. The predicted octanol–water partition coefficient (Wildman–Crippen LogP) is 3.30. The zero-order chi connectivity index (χ0) is 21.8. The maximum absolute atomic E-state index is 12.6. The summed E-state index contributed by atoms with van der Waals surface area (Å²) in [5.74, 6) is -0.875. The molecule has 0 saturated heterocycles. The summed E-state index contributed by atoms with van der Waals surface area (Å²) in [4.78, 5) is 25.0. The summed E-state index contributed by atoms with van der Waals surface area (Å²) >= 11 is 3.38. The molecule has 0 aliphatic rings. The number of anilines is 2. The van der Waals surface area contributed by atoms with E-state index in [0.29, 0.717) is 16.9 Å². The molecule has 29 heavy (non-hydrogen) atoms.